The topological polar surface area (TPSA) is 80.7 Å². The number of thioether (sulfide) groups is 1. The van der Waals surface area contributed by atoms with Crippen molar-refractivity contribution in [1.82, 2.24) is 4.98 Å². The van der Waals surface area contributed by atoms with Gasteiger partial charge in [-0.25, -0.2) is 0 Å². The smallest absolute Gasteiger partial charge is 0.172 e. The van der Waals surface area contributed by atoms with Gasteiger partial charge in [0.05, 0.1) is 11.1 Å². The molecule has 21 heavy (non-hydrogen) atoms. The molecule has 1 aromatic heterocycles. The third-order valence-corrected chi connectivity index (χ3v) is 5.04. The number of aromatic nitrogens is 1. The molecular weight excluding hydrogens is 286 g/mol. The minimum atomic E-state index is 0.0998. The van der Waals surface area contributed by atoms with Crippen molar-refractivity contribution >= 4 is 28.5 Å². The minimum absolute atomic E-state index is 0.0998. The Hall–Kier alpha value is -1.79. The predicted octanol–water partition coefficient (Wildman–Crippen LogP) is 2.60. The lowest BCUT2D eigenvalue weighted by Gasteiger charge is -2.23. The van der Waals surface area contributed by atoms with Crippen LogP contribution in [0.15, 0.2) is 40.5 Å². The van der Waals surface area contributed by atoms with Crippen LogP contribution in [0.4, 0.5) is 0 Å². The lowest BCUT2D eigenvalue weighted by atomic mass is 10.1. The maximum Gasteiger partial charge on any atom is 0.172 e. The molecule has 2 heterocycles. The van der Waals surface area contributed by atoms with Crippen LogP contribution in [0.25, 0.3) is 10.9 Å². The van der Waals surface area contributed by atoms with E-state index in [1.807, 2.05) is 24.3 Å². The van der Waals surface area contributed by atoms with E-state index in [9.17, 15) is 0 Å². The normalized spacial score (nSPS) is 17.2. The summed E-state index contributed by atoms with van der Waals surface area (Å²) in [5.41, 5.74) is 7.42. The van der Waals surface area contributed by atoms with Gasteiger partial charge in [-0.3, -0.25) is 4.98 Å². The van der Waals surface area contributed by atoms with E-state index in [0.29, 0.717) is 10.8 Å². The summed E-state index contributed by atoms with van der Waals surface area (Å²) in [7, 11) is 0. The Bertz CT molecular complexity index is 669. The highest BCUT2D eigenvalue weighted by atomic mass is 32.2. The van der Waals surface area contributed by atoms with Gasteiger partial charge in [0.1, 0.15) is 0 Å². The lowest BCUT2D eigenvalue weighted by molar-refractivity contribution is 0.100. The molecule has 2 aromatic rings. The van der Waals surface area contributed by atoms with E-state index in [2.05, 4.69) is 10.1 Å². The summed E-state index contributed by atoms with van der Waals surface area (Å²) < 4.78 is 5.41. The Balaban J connectivity index is 2.06. The number of benzene rings is 1. The van der Waals surface area contributed by atoms with E-state index in [4.69, 9.17) is 15.7 Å². The van der Waals surface area contributed by atoms with Gasteiger partial charge >= 0.3 is 0 Å². The molecule has 1 saturated heterocycles. The first-order valence-corrected chi connectivity index (χ1v) is 7.77. The van der Waals surface area contributed by atoms with Crippen LogP contribution in [0.1, 0.15) is 18.4 Å². The number of ether oxygens (including phenoxy) is 1. The predicted molar refractivity (Wildman–Crippen MR) is 84.0 cm³/mol. The Labute approximate surface area is 127 Å². The Morgan fingerprint density at radius 1 is 1.33 bits per heavy atom. The number of para-hydroxylation sites is 1. The maximum atomic E-state index is 9.00. The summed E-state index contributed by atoms with van der Waals surface area (Å²) >= 11 is 1.77. The number of rotatable bonds is 3. The zero-order valence-corrected chi connectivity index (χ0v) is 12.3. The molecule has 1 aliphatic heterocycles. The van der Waals surface area contributed by atoms with Crippen molar-refractivity contribution in [3.63, 3.8) is 0 Å². The molecule has 0 aliphatic carbocycles. The SMILES string of the molecule is NC(=NO)c1cnc2ccccc2c1SC1CCOCC1. The summed E-state index contributed by atoms with van der Waals surface area (Å²) in [5, 5.41) is 13.7. The molecule has 1 aromatic carbocycles. The first kappa shape index (κ1) is 14.2. The number of hydrogen-bond acceptors (Lipinski definition) is 5. The van der Waals surface area contributed by atoms with Crippen LogP contribution < -0.4 is 5.73 Å². The average molecular weight is 303 g/mol. The standard InChI is InChI=1S/C15H17N3O2S/c16-15(18-19)12-9-17-13-4-2-1-3-11(13)14(12)21-10-5-7-20-8-6-10/h1-4,9-10,19H,5-8H2,(H2,16,18). The van der Waals surface area contributed by atoms with Crippen molar-refractivity contribution in [2.24, 2.45) is 10.9 Å². The molecule has 3 N–H and O–H groups in total. The number of pyridine rings is 1. The van der Waals surface area contributed by atoms with Gasteiger partial charge in [-0.15, -0.1) is 11.8 Å². The monoisotopic (exact) mass is 303 g/mol. The second kappa shape index (κ2) is 6.32. The molecule has 6 heteroatoms. The molecule has 0 radical (unpaired) electrons. The van der Waals surface area contributed by atoms with E-state index in [0.717, 1.165) is 41.9 Å². The van der Waals surface area contributed by atoms with Crippen LogP contribution in [0.5, 0.6) is 0 Å². The van der Waals surface area contributed by atoms with Crippen molar-refractivity contribution in [3.05, 3.63) is 36.0 Å². The second-order valence-corrected chi connectivity index (χ2v) is 6.24. The van der Waals surface area contributed by atoms with Gasteiger partial charge < -0.3 is 15.7 Å². The van der Waals surface area contributed by atoms with Gasteiger partial charge in [0.2, 0.25) is 0 Å². The number of fused-ring (bicyclic) bond motifs is 1. The summed E-state index contributed by atoms with van der Waals surface area (Å²) in [6, 6.07) is 7.94. The van der Waals surface area contributed by atoms with Crippen molar-refractivity contribution < 1.29 is 9.94 Å². The Morgan fingerprint density at radius 3 is 2.86 bits per heavy atom. The van der Waals surface area contributed by atoms with Crippen LogP contribution in [0.3, 0.4) is 0 Å². The molecule has 5 nitrogen and oxygen atoms in total. The van der Waals surface area contributed by atoms with Crippen LogP contribution in [-0.2, 0) is 4.74 Å². The quantitative estimate of drug-likeness (QED) is 0.394. The summed E-state index contributed by atoms with van der Waals surface area (Å²) in [6.07, 6.45) is 3.70. The third kappa shape index (κ3) is 2.96. The highest BCUT2D eigenvalue weighted by molar-refractivity contribution is 8.00. The van der Waals surface area contributed by atoms with E-state index in [-0.39, 0.29) is 5.84 Å². The van der Waals surface area contributed by atoms with Gasteiger partial charge in [0.15, 0.2) is 5.84 Å². The molecule has 0 saturated carbocycles. The van der Waals surface area contributed by atoms with Crippen LogP contribution in [0.2, 0.25) is 0 Å². The van der Waals surface area contributed by atoms with E-state index < -0.39 is 0 Å². The van der Waals surface area contributed by atoms with Gasteiger partial charge in [-0.1, -0.05) is 23.4 Å². The highest BCUT2D eigenvalue weighted by Crippen LogP contribution is 2.36. The van der Waals surface area contributed by atoms with Gasteiger partial charge in [-0.2, -0.15) is 0 Å². The number of hydrogen-bond donors (Lipinski definition) is 2. The number of nitrogens with two attached hydrogens (primary N) is 1. The Morgan fingerprint density at radius 2 is 2.10 bits per heavy atom. The molecule has 1 aliphatic rings. The zero-order valence-electron chi connectivity index (χ0n) is 11.5. The average Bonchev–Trinajstić information content (AvgIpc) is 2.55. The Kier molecular flexibility index (Phi) is 4.26. The third-order valence-electron chi connectivity index (χ3n) is 3.56. The molecule has 3 rings (SSSR count). The first-order valence-electron chi connectivity index (χ1n) is 6.89. The largest absolute Gasteiger partial charge is 0.409 e. The van der Waals surface area contributed by atoms with Crippen molar-refractivity contribution in [3.8, 4) is 0 Å². The van der Waals surface area contributed by atoms with E-state index >= 15 is 0 Å². The number of amidine groups is 1. The van der Waals surface area contributed by atoms with Crippen molar-refractivity contribution in [2.75, 3.05) is 13.2 Å². The zero-order chi connectivity index (χ0) is 14.7. The molecule has 0 spiro atoms. The number of nitrogens with zero attached hydrogens (tertiary/aromatic N) is 2. The highest BCUT2D eigenvalue weighted by Gasteiger charge is 2.20. The molecule has 0 bridgehead atoms. The molecule has 1 fully saturated rings. The van der Waals surface area contributed by atoms with Crippen LogP contribution in [0, 0.1) is 0 Å². The van der Waals surface area contributed by atoms with E-state index in [1.165, 1.54) is 0 Å². The second-order valence-electron chi connectivity index (χ2n) is 4.93. The van der Waals surface area contributed by atoms with Gasteiger partial charge in [0.25, 0.3) is 0 Å². The lowest BCUT2D eigenvalue weighted by Crippen LogP contribution is -2.19. The summed E-state index contributed by atoms with van der Waals surface area (Å²) in [4.78, 5) is 5.42. The van der Waals surface area contributed by atoms with Gasteiger partial charge in [0, 0.05) is 34.9 Å². The first-order chi connectivity index (χ1) is 10.3. The minimum Gasteiger partial charge on any atom is -0.409 e. The van der Waals surface area contributed by atoms with Gasteiger partial charge in [-0.05, 0) is 18.9 Å². The molecule has 110 valence electrons. The van der Waals surface area contributed by atoms with Crippen LogP contribution >= 0.6 is 11.8 Å². The van der Waals surface area contributed by atoms with Crippen molar-refractivity contribution in [1.29, 1.82) is 0 Å². The fourth-order valence-electron chi connectivity index (χ4n) is 2.44. The summed E-state index contributed by atoms with van der Waals surface area (Å²) in [6.45, 7) is 1.58. The van der Waals surface area contributed by atoms with Crippen LogP contribution in [-0.4, -0.2) is 34.5 Å². The molecule has 0 unspecified atom stereocenters. The maximum absolute atomic E-state index is 9.00. The fourth-order valence-corrected chi connectivity index (χ4v) is 3.79. The van der Waals surface area contributed by atoms with Crippen molar-refractivity contribution in [2.45, 2.75) is 23.0 Å². The number of oxime groups is 1. The summed E-state index contributed by atoms with van der Waals surface area (Å²) in [5.74, 6) is 0.0998. The fraction of sp³-hybridized carbons (Fsp3) is 0.333. The molecular formula is C15H17N3O2S. The molecule has 0 atom stereocenters. The molecule has 0 amide bonds. The van der Waals surface area contributed by atoms with E-state index in [1.54, 1.807) is 18.0 Å².